The normalized spacial score (nSPS) is 15.9. The number of aromatic nitrogens is 2. The highest BCUT2D eigenvalue weighted by Crippen LogP contribution is 2.27. The van der Waals surface area contributed by atoms with E-state index < -0.39 is 6.04 Å². The number of amides is 1. The van der Waals surface area contributed by atoms with Crippen molar-refractivity contribution < 1.29 is 14.0 Å². The predicted molar refractivity (Wildman–Crippen MR) is 115 cm³/mol. The van der Waals surface area contributed by atoms with Crippen LogP contribution in [0.5, 0.6) is 0 Å². The summed E-state index contributed by atoms with van der Waals surface area (Å²) in [6.07, 6.45) is 10.5. The minimum absolute atomic E-state index is 0.149. The van der Waals surface area contributed by atoms with Gasteiger partial charge in [-0.25, -0.2) is 4.98 Å². The van der Waals surface area contributed by atoms with Gasteiger partial charge in [0, 0.05) is 12.4 Å². The molecule has 0 spiro atoms. The molecule has 3 rings (SSSR count). The molecule has 3 N–H and O–H groups in total. The molecule has 30 heavy (non-hydrogen) atoms. The van der Waals surface area contributed by atoms with Gasteiger partial charge < -0.3 is 15.5 Å². The lowest BCUT2D eigenvalue weighted by Crippen LogP contribution is -2.43. The Balaban J connectivity index is 1.63. The monoisotopic (exact) mass is 412 g/mol. The van der Waals surface area contributed by atoms with Crippen LogP contribution in [0.2, 0.25) is 0 Å². The van der Waals surface area contributed by atoms with Crippen molar-refractivity contribution in [3.05, 3.63) is 36.0 Å². The topological polar surface area (TPSA) is 111 Å². The van der Waals surface area contributed by atoms with Crippen molar-refractivity contribution in [2.45, 2.75) is 64.8 Å². The third kappa shape index (κ3) is 5.98. The van der Waals surface area contributed by atoms with Gasteiger partial charge in [0.1, 0.15) is 0 Å². The van der Waals surface area contributed by atoms with E-state index in [-0.39, 0.29) is 24.0 Å². The Morgan fingerprint density at radius 3 is 2.70 bits per heavy atom. The zero-order valence-corrected chi connectivity index (χ0v) is 17.9. The van der Waals surface area contributed by atoms with Gasteiger partial charge in [-0.3, -0.25) is 14.6 Å². The van der Waals surface area contributed by atoms with E-state index in [4.69, 9.17) is 10.2 Å². The second-order valence-electron chi connectivity index (χ2n) is 8.62. The van der Waals surface area contributed by atoms with Gasteiger partial charge >= 0.3 is 0 Å². The number of nitrogens with two attached hydrogens (primary N) is 1. The maximum Gasteiger partial charge on any atom is 0.237 e. The molecule has 1 fully saturated rings. The van der Waals surface area contributed by atoms with Crippen molar-refractivity contribution in [3.8, 4) is 11.5 Å². The molecule has 1 aliphatic carbocycles. The van der Waals surface area contributed by atoms with Crippen LogP contribution in [-0.2, 0) is 11.2 Å². The number of nitrogens with one attached hydrogen (secondary N) is 1. The molecule has 0 bridgehead atoms. The summed E-state index contributed by atoms with van der Waals surface area (Å²) < 4.78 is 5.79. The molecule has 0 aliphatic heterocycles. The number of oxazole rings is 1. The second-order valence-corrected chi connectivity index (χ2v) is 8.62. The maximum absolute atomic E-state index is 12.8. The Labute approximate surface area is 177 Å². The molecule has 7 nitrogen and oxygen atoms in total. The quantitative estimate of drug-likeness (QED) is 0.610. The summed E-state index contributed by atoms with van der Waals surface area (Å²) in [7, 11) is 0. The first-order chi connectivity index (χ1) is 14.4. The molecular formula is C23H32N4O3. The molecule has 1 unspecified atom stereocenters. The minimum Gasteiger partial charge on any atom is -0.433 e. The van der Waals surface area contributed by atoms with E-state index in [1.807, 2.05) is 6.07 Å². The van der Waals surface area contributed by atoms with E-state index in [1.54, 1.807) is 18.5 Å². The first kappa shape index (κ1) is 22.2. The highest BCUT2D eigenvalue weighted by Gasteiger charge is 2.25. The molecule has 0 radical (unpaired) electrons. The summed E-state index contributed by atoms with van der Waals surface area (Å²) in [5.74, 6) is 0.787. The van der Waals surface area contributed by atoms with Crippen LogP contribution < -0.4 is 11.1 Å². The predicted octanol–water partition coefficient (Wildman–Crippen LogP) is 3.53. The number of hydrogen-bond donors (Lipinski definition) is 2. The van der Waals surface area contributed by atoms with E-state index in [0.717, 1.165) is 12.8 Å². The van der Waals surface area contributed by atoms with E-state index in [2.05, 4.69) is 29.1 Å². The summed E-state index contributed by atoms with van der Waals surface area (Å²) in [4.78, 5) is 33.8. The van der Waals surface area contributed by atoms with Crippen LogP contribution in [0.4, 0.5) is 0 Å². The van der Waals surface area contributed by atoms with Gasteiger partial charge in [-0.1, -0.05) is 46.0 Å². The number of nitrogens with zero attached hydrogens (tertiary/aromatic N) is 2. The van der Waals surface area contributed by atoms with Crippen molar-refractivity contribution >= 4 is 11.7 Å². The van der Waals surface area contributed by atoms with Crippen molar-refractivity contribution in [2.75, 3.05) is 6.54 Å². The number of hydrogen-bond acceptors (Lipinski definition) is 6. The summed E-state index contributed by atoms with van der Waals surface area (Å²) in [5.41, 5.74) is 7.40. The highest BCUT2D eigenvalue weighted by atomic mass is 16.4. The van der Waals surface area contributed by atoms with E-state index >= 15 is 0 Å². The fraction of sp³-hybridized carbons (Fsp3) is 0.565. The van der Waals surface area contributed by atoms with Gasteiger partial charge in [-0.2, -0.15) is 0 Å². The van der Waals surface area contributed by atoms with Gasteiger partial charge in [-0.05, 0) is 36.8 Å². The van der Waals surface area contributed by atoms with Gasteiger partial charge in [-0.15, -0.1) is 0 Å². The van der Waals surface area contributed by atoms with Gasteiger partial charge in [0.05, 0.1) is 23.8 Å². The number of rotatable bonds is 9. The summed E-state index contributed by atoms with van der Waals surface area (Å²) in [5, 5.41) is 2.69. The average molecular weight is 413 g/mol. The standard InChI is InChI=1S/C23H32N4O3/c1-15(2)11-19-21(30-23(27-19)17-9-6-10-25-13-17)20(28)14-26-22(29)18(24)12-16-7-4-3-5-8-16/h6,9-10,13,15-16,18H,3-5,7-8,11-12,14,24H2,1-2H3,(H,26,29). The lowest BCUT2D eigenvalue weighted by atomic mass is 9.85. The molecule has 1 atom stereocenters. The first-order valence-corrected chi connectivity index (χ1v) is 10.9. The molecule has 7 heteroatoms. The molecule has 2 heterocycles. The molecule has 0 saturated heterocycles. The molecule has 1 aliphatic rings. The number of pyridine rings is 1. The molecule has 1 amide bonds. The van der Waals surface area contributed by atoms with Crippen LogP contribution in [0.15, 0.2) is 28.9 Å². The zero-order chi connectivity index (χ0) is 21.5. The van der Waals surface area contributed by atoms with E-state index in [1.165, 1.54) is 19.3 Å². The van der Waals surface area contributed by atoms with Crippen LogP contribution in [0, 0.1) is 11.8 Å². The van der Waals surface area contributed by atoms with Gasteiger partial charge in [0.2, 0.25) is 17.6 Å². The first-order valence-electron chi connectivity index (χ1n) is 10.9. The smallest absolute Gasteiger partial charge is 0.237 e. The largest absolute Gasteiger partial charge is 0.433 e. The third-order valence-electron chi connectivity index (χ3n) is 5.53. The Hall–Kier alpha value is -2.54. The minimum atomic E-state index is -0.586. The number of Topliss-reactive ketones (excluding diaryl/α,β-unsaturated/α-hetero) is 1. The van der Waals surface area contributed by atoms with Crippen LogP contribution in [-0.4, -0.2) is 34.2 Å². The van der Waals surface area contributed by atoms with Crippen molar-refractivity contribution in [3.63, 3.8) is 0 Å². The lowest BCUT2D eigenvalue weighted by Gasteiger charge is -2.24. The van der Waals surface area contributed by atoms with Crippen molar-refractivity contribution in [1.29, 1.82) is 0 Å². The number of ketones is 1. The molecule has 0 aromatic carbocycles. The van der Waals surface area contributed by atoms with Crippen molar-refractivity contribution in [1.82, 2.24) is 15.3 Å². The fourth-order valence-electron chi connectivity index (χ4n) is 3.98. The Morgan fingerprint density at radius 2 is 2.03 bits per heavy atom. The number of carbonyl (C=O) groups excluding carboxylic acids is 2. The molecule has 2 aromatic heterocycles. The third-order valence-corrected chi connectivity index (χ3v) is 5.53. The van der Waals surface area contributed by atoms with E-state index in [9.17, 15) is 9.59 Å². The van der Waals surface area contributed by atoms with Crippen molar-refractivity contribution in [2.24, 2.45) is 17.6 Å². The Morgan fingerprint density at radius 1 is 1.27 bits per heavy atom. The second kappa shape index (κ2) is 10.5. The molecular weight excluding hydrogens is 380 g/mol. The summed E-state index contributed by atoms with van der Waals surface area (Å²) in [6.45, 7) is 3.96. The van der Waals surface area contributed by atoms with Crippen LogP contribution >= 0.6 is 0 Å². The molecule has 1 saturated carbocycles. The van der Waals surface area contributed by atoms with Gasteiger partial charge in [0.15, 0.2) is 5.76 Å². The highest BCUT2D eigenvalue weighted by molar-refractivity contribution is 5.98. The van der Waals surface area contributed by atoms with E-state index in [0.29, 0.717) is 41.8 Å². The lowest BCUT2D eigenvalue weighted by molar-refractivity contribution is -0.122. The van der Waals surface area contributed by atoms with Crippen LogP contribution in [0.3, 0.4) is 0 Å². The van der Waals surface area contributed by atoms with Crippen LogP contribution in [0.25, 0.3) is 11.5 Å². The fourth-order valence-corrected chi connectivity index (χ4v) is 3.98. The molecule has 2 aromatic rings. The van der Waals surface area contributed by atoms with Gasteiger partial charge in [0.25, 0.3) is 0 Å². The average Bonchev–Trinajstić information content (AvgIpc) is 3.16. The summed E-state index contributed by atoms with van der Waals surface area (Å²) >= 11 is 0. The Bertz CT molecular complexity index is 841. The summed E-state index contributed by atoms with van der Waals surface area (Å²) in [6, 6.07) is 3.03. The number of carbonyl (C=O) groups is 2. The Kier molecular flexibility index (Phi) is 7.74. The zero-order valence-electron chi connectivity index (χ0n) is 17.9. The maximum atomic E-state index is 12.8. The SMILES string of the molecule is CC(C)Cc1nc(-c2cccnc2)oc1C(=O)CNC(=O)C(N)CC1CCCCC1. The molecule has 162 valence electrons. The van der Waals surface area contributed by atoms with Crippen LogP contribution in [0.1, 0.15) is 68.6 Å².